The molecule has 0 aliphatic carbocycles. The smallest absolute Gasteiger partial charge is 0.0809 e. The zero-order chi connectivity index (χ0) is 11.6. The summed E-state index contributed by atoms with van der Waals surface area (Å²) in [4.78, 5) is 3.25. The van der Waals surface area contributed by atoms with Gasteiger partial charge < -0.3 is 22.3 Å². The van der Waals surface area contributed by atoms with E-state index in [1.54, 1.807) is 20.0 Å². The summed E-state index contributed by atoms with van der Waals surface area (Å²) in [5, 5.41) is 2.66. The van der Waals surface area contributed by atoms with Crippen molar-refractivity contribution in [3.63, 3.8) is 0 Å². The molecule has 0 fully saturated rings. The van der Waals surface area contributed by atoms with E-state index in [1.807, 2.05) is 12.1 Å². The van der Waals surface area contributed by atoms with Crippen LogP contribution in [-0.2, 0) is 20.0 Å². The topological polar surface area (TPSA) is 0 Å². The van der Waals surface area contributed by atoms with Gasteiger partial charge in [0, 0.05) is 0 Å². The standard InChI is InChI=1S/C9H7.C4H4P.3CH3.CH2.2ClH.Ti/c1-2-5-9-7-3-6-8(9)4-1;1-2-4-5-3-1;;;;;;;/h1-7H;1-3,5H;3*1H3;1H2;2*1H;/q5*-1;;;;. The van der Waals surface area contributed by atoms with Crippen molar-refractivity contribution < 1.29 is 20.0 Å². The van der Waals surface area contributed by atoms with Crippen LogP contribution in [0.15, 0.2) is 60.4 Å². The Labute approximate surface area is 156 Å². The third-order valence-corrected chi connectivity index (χ3v) is 2.68. The van der Waals surface area contributed by atoms with Gasteiger partial charge in [0.15, 0.2) is 0 Å². The second kappa shape index (κ2) is 22.1. The van der Waals surface area contributed by atoms with E-state index in [0.29, 0.717) is 0 Å². The quantitative estimate of drug-likeness (QED) is 0.321. The molecule has 0 aliphatic heterocycles. The van der Waals surface area contributed by atoms with Crippen LogP contribution < -0.4 is 0 Å². The Morgan fingerprint density at radius 3 is 2.00 bits per heavy atom. The van der Waals surface area contributed by atoms with Gasteiger partial charge in [-0.1, -0.05) is 6.07 Å². The molecule has 120 valence electrons. The Balaban J connectivity index is -0.0000000639. The molecule has 0 nitrogen and oxygen atoms in total. The zero-order valence-electron chi connectivity index (χ0n) is 12.8. The Bertz CT molecular complexity index is 445. The minimum absolute atomic E-state index is 0. The molecule has 0 spiro atoms. The van der Waals surface area contributed by atoms with Crippen LogP contribution in [0.25, 0.3) is 10.8 Å². The first-order valence-electron chi connectivity index (χ1n) is 4.92. The van der Waals surface area contributed by atoms with Gasteiger partial charge in [0.25, 0.3) is 0 Å². The van der Waals surface area contributed by atoms with E-state index in [1.165, 1.54) is 10.8 Å². The van der Waals surface area contributed by atoms with E-state index in [9.17, 15) is 0 Å². The molecule has 1 heterocycles. The first kappa shape index (κ1) is 32.6. The predicted octanol–water partition coefficient (Wildman–Crippen LogP) is 6.24. The van der Waals surface area contributed by atoms with Crippen molar-refractivity contribution in [1.29, 1.82) is 0 Å². The normalized spacial score (nSPS) is 6.81. The fourth-order valence-electron chi connectivity index (χ4n) is 1.31. The van der Waals surface area contributed by atoms with Crippen molar-refractivity contribution in [3.8, 4) is 0 Å². The maximum atomic E-state index is 3.25. The second-order valence-electron chi connectivity index (χ2n) is 2.97. The molecule has 1 atom stereocenters. The van der Waals surface area contributed by atoms with Gasteiger partial charge in [-0.2, -0.15) is 35.2 Å². The Morgan fingerprint density at radius 1 is 0.952 bits per heavy atom. The van der Waals surface area contributed by atoms with E-state index < -0.39 is 0 Å². The average Bonchev–Trinajstić information content (AvgIpc) is 3.06. The minimum atomic E-state index is 0. The van der Waals surface area contributed by atoms with Gasteiger partial charge >= 0.3 is 24.8 Å². The summed E-state index contributed by atoms with van der Waals surface area (Å²) in [6.45, 7) is 0. The predicted molar refractivity (Wildman–Crippen MR) is 105 cm³/mol. The molecular formula is C17H24Cl2PTi-5. The van der Waals surface area contributed by atoms with Gasteiger partial charge in [0.1, 0.15) is 0 Å². The summed E-state index contributed by atoms with van der Waals surface area (Å²) in [7, 11) is 0.823. The van der Waals surface area contributed by atoms with E-state index in [-0.39, 0.29) is 47.1 Å². The van der Waals surface area contributed by atoms with Crippen LogP contribution in [0.3, 0.4) is 0 Å². The number of hydrogen-bond acceptors (Lipinski definition) is 0. The van der Waals surface area contributed by atoms with Crippen LogP contribution in [0.2, 0.25) is 0 Å². The SMILES string of the molecule is Cl.Cl.[CH2]=[Ti].[CH3-].[CH3-].[CH3-].[c-]1ccc[pH]1.c1ccc2[cH-]ccc2c1. The van der Waals surface area contributed by atoms with Gasteiger partial charge in [-0.15, -0.1) is 54.5 Å². The summed E-state index contributed by atoms with van der Waals surface area (Å²) >= 11 is 1.75. The molecule has 1 aromatic heterocycles. The summed E-state index contributed by atoms with van der Waals surface area (Å²) in [5.74, 6) is 5.11. The van der Waals surface area contributed by atoms with Crippen LogP contribution in [0.5, 0.6) is 0 Å². The van der Waals surface area contributed by atoms with Gasteiger partial charge in [-0.25, -0.2) is 6.07 Å². The van der Waals surface area contributed by atoms with Crippen molar-refractivity contribution in [2.45, 2.75) is 0 Å². The van der Waals surface area contributed by atoms with Crippen LogP contribution in [0, 0.1) is 28.1 Å². The molecule has 21 heavy (non-hydrogen) atoms. The molecule has 0 saturated heterocycles. The van der Waals surface area contributed by atoms with Gasteiger partial charge in [-0.3, -0.25) is 8.19 Å². The van der Waals surface area contributed by atoms with Crippen LogP contribution in [-0.4, -0.2) is 4.82 Å². The number of halogens is 2. The van der Waals surface area contributed by atoms with Crippen molar-refractivity contribution in [2.24, 2.45) is 0 Å². The third kappa shape index (κ3) is 13.2. The van der Waals surface area contributed by atoms with Gasteiger partial charge in [0.2, 0.25) is 0 Å². The number of rotatable bonds is 0. The molecular weight excluding hydrogens is 354 g/mol. The van der Waals surface area contributed by atoms with Crippen LogP contribution in [0.1, 0.15) is 0 Å². The maximum Gasteiger partial charge on any atom is -0.0809 e. The molecule has 0 radical (unpaired) electrons. The van der Waals surface area contributed by atoms with Crippen LogP contribution >= 0.6 is 33.0 Å². The molecule has 0 N–H and O–H groups in total. The molecule has 0 bridgehead atoms. The van der Waals surface area contributed by atoms with E-state index >= 15 is 0 Å². The average molecular weight is 378 g/mol. The number of fused-ring (bicyclic) bond motifs is 1. The Hall–Kier alpha value is -0.226. The number of hydrogen-bond donors (Lipinski definition) is 0. The fraction of sp³-hybridized carbons (Fsp3) is 0. The fourth-order valence-corrected chi connectivity index (χ4v) is 1.79. The molecule has 0 saturated carbocycles. The van der Waals surface area contributed by atoms with E-state index in [4.69, 9.17) is 0 Å². The molecule has 3 rings (SSSR count). The Kier molecular flexibility index (Phi) is 34.3. The van der Waals surface area contributed by atoms with Gasteiger partial charge in [0.05, 0.1) is 0 Å². The molecule has 3 aromatic rings. The third-order valence-electron chi connectivity index (χ3n) is 1.99. The summed E-state index contributed by atoms with van der Waals surface area (Å²) in [6.07, 6.45) is 0. The largest absolute Gasteiger partial charge is 0.358 e. The first-order chi connectivity index (χ1) is 7.97. The Morgan fingerprint density at radius 2 is 1.57 bits per heavy atom. The molecule has 4 heteroatoms. The first-order valence-corrected chi connectivity index (χ1v) is 7.10. The van der Waals surface area contributed by atoms with Gasteiger partial charge in [-0.05, 0) is 0 Å². The van der Waals surface area contributed by atoms with Crippen molar-refractivity contribution in [1.82, 2.24) is 0 Å². The van der Waals surface area contributed by atoms with Crippen molar-refractivity contribution >= 4 is 48.6 Å². The zero-order valence-corrected chi connectivity index (χ0v) is 17.0. The van der Waals surface area contributed by atoms with E-state index in [2.05, 4.69) is 58.9 Å². The monoisotopic (exact) mass is 377 g/mol. The molecule has 1 unspecified atom stereocenters. The summed E-state index contributed by atoms with van der Waals surface area (Å²) in [5.41, 5.74) is 0. The second-order valence-corrected chi connectivity index (χ2v) is 3.88. The number of benzene rings is 1. The van der Waals surface area contributed by atoms with Crippen molar-refractivity contribution in [3.05, 3.63) is 88.5 Å². The molecule has 0 aliphatic rings. The van der Waals surface area contributed by atoms with E-state index in [0.717, 1.165) is 8.19 Å². The van der Waals surface area contributed by atoms with Crippen LogP contribution in [0.4, 0.5) is 0 Å². The summed E-state index contributed by atoms with van der Waals surface area (Å²) < 4.78 is 0. The van der Waals surface area contributed by atoms with Crippen molar-refractivity contribution in [2.75, 3.05) is 0 Å². The maximum absolute atomic E-state index is 3.25. The molecule has 0 amide bonds. The summed E-state index contributed by atoms with van der Waals surface area (Å²) in [6, 6.07) is 18.6. The minimum Gasteiger partial charge on any atom is -0.358 e. The molecule has 2 aromatic carbocycles.